The van der Waals surface area contributed by atoms with E-state index >= 15 is 0 Å². The fraction of sp³-hybridized carbons (Fsp3) is 0.812. The molecular formula is C16H29N4O3+. The van der Waals surface area contributed by atoms with Crippen molar-refractivity contribution in [1.29, 1.82) is 0 Å². The first kappa shape index (κ1) is 17.7. The standard InChI is InChI=1S/C16H28N4O3/c1-5-19-7-9-20(10-8-19)16-17-13(11(3)4)12(14(21)18-16)15(22)23-6-2/h11-13H,5-10H2,1-4H3,(H,17,18,21)/p+1/t12-,13+/m0/s1. The highest BCUT2D eigenvalue weighted by Crippen LogP contribution is 2.22. The zero-order chi connectivity index (χ0) is 17.0. The molecule has 0 saturated carbocycles. The summed E-state index contributed by atoms with van der Waals surface area (Å²) in [5.41, 5.74) is 0. The molecule has 0 aromatic carbocycles. The highest BCUT2D eigenvalue weighted by Gasteiger charge is 2.42. The number of hydrogen-bond donors (Lipinski definition) is 2. The molecule has 0 bridgehead atoms. The van der Waals surface area contributed by atoms with Crippen molar-refractivity contribution >= 4 is 17.8 Å². The van der Waals surface area contributed by atoms with Crippen LogP contribution in [0.5, 0.6) is 0 Å². The third-order valence-corrected chi connectivity index (χ3v) is 4.62. The molecule has 7 heteroatoms. The number of nitrogens with one attached hydrogen (secondary N) is 2. The summed E-state index contributed by atoms with van der Waals surface area (Å²) in [6.45, 7) is 13.1. The van der Waals surface area contributed by atoms with E-state index in [4.69, 9.17) is 9.73 Å². The number of esters is 1. The Kier molecular flexibility index (Phi) is 5.98. The number of piperazine rings is 1. The molecule has 0 radical (unpaired) electrons. The minimum atomic E-state index is -0.846. The molecule has 0 aromatic heterocycles. The largest absolute Gasteiger partial charge is 0.465 e. The van der Waals surface area contributed by atoms with E-state index in [2.05, 4.69) is 17.1 Å². The number of ether oxygens (including phenoxy) is 1. The van der Waals surface area contributed by atoms with Gasteiger partial charge in [-0.05, 0) is 19.8 Å². The van der Waals surface area contributed by atoms with Gasteiger partial charge < -0.3 is 14.5 Å². The maximum absolute atomic E-state index is 12.5. The fourth-order valence-electron chi connectivity index (χ4n) is 3.15. The second kappa shape index (κ2) is 7.77. The number of carbonyl (C=O) groups is 2. The summed E-state index contributed by atoms with van der Waals surface area (Å²) in [7, 11) is 0. The molecule has 7 nitrogen and oxygen atoms in total. The molecule has 2 N–H and O–H groups in total. The average Bonchev–Trinajstić information content (AvgIpc) is 2.54. The molecule has 2 atom stereocenters. The monoisotopic (exact) mass is 325 g/mol. The van der Waals surface area contributed by atoms with Crippen LogP contribution in [0.1, 0.15) is 27.7 Å². The lowest BCUT2D eigenvalue weighted by atomic mass is 9.89. The zero-order valence-electron chi connectivity index (χ0n) is 14.6. The average molecular weight is 325 g/mol. The third-order valence-electron chi connectivity index (χ3n) is 4.62. The van der Waals surface area contributed by atoms with Crippen LogP contribution in [-0.2, 0) is 14.3 Å². The Morgan fingerprint density at radius 2 is 2.04 bits per heavy atom. The number of quaternary nitrogens is 1. The van der Waals surface area contributed by atoms with E-state index in [1.54, 1.807) is 11.8 Å². The van der Waals surface area contributed by atoms with Crippen molar-refractivity contribution in [2.24, 2.45) is 16.8 Å². The number of amides is 1. The Labute approximate surface area is 138 Å². The molecule has 130 valence electrons. The summed E-state index contributed by atoms with van der Waals surface area (Å²) in [6, 6.07) is -0.366. The predicted molar refractivity (Wildman–Crippen MR) is 87.1 cm³/mol. The summed E-state index contributed by atoms with van der Waals surface area (Å²) in [5, 5.41) is 2.82. The highest BCUT2D eigenvalue weighted by molar-refractivity contribution is 6.08. The Morgan fingerprint density at radius 3 is 2.57 bits per heavy atom. The van der Waals surface area contributed by atoms with Gasteiger partial charge in [0.25, 0.3) is 0 Å². The maximum Gasteiger partial charge on any atom is 0.320 e. The minimum absolute atomic E-state index is 0.0908. The van der Waals surface area contributed by atoms with Crippen molar-refractivity contribution in [3.63, 3.8) is 0 Å². The van der Waals surface area contributed by atoms with Crippen LogP contribution in [0.3, 0.4) is 0 Å². The third kappa shape index (κ3) is 4.02. The van der Waals surface area contributed by atoms with E-state index in [1.807, 2.05) is 13.8 Å². The van der Waals surface area contributed by atoms with E-state index in [0.717, 1.165) is 32.7 Å². The molecule has 2 heterocycles. The number of nitrogens with zero attached hydrogens (tertiary/aromatic N) is 2. The lowest BCUT2D eigenvalue weighted by Crippen LogP contribution is -3.14. The van der Waals surface area contributed by atoms with Crippen molar-refractivity contribution in [2.75, 3.05) is 39.3 Å². The van der Waals surface area contributed by atoms with E-state index in [9.17, 15) is 9.59 Å². The fourth-order valence-corrected chi connectivity index (χ4v) is 3.15. The zero-order valence-corrected chi connectivity index (χ0v) is 14.6. The Morgan fingerprint density at radius 1 is 1.39 bits per heavy atom. The van der Waals surface area contributed by atoms with Crippen LogP contribution in [0.25, 0.3) is 0 Å². The van der Waals surface area contributed by atoms with Gasteiger partial charge in [-0.2, -0.15) is 0 Å². The highest BCUT2D eigenvalue weighted by atomic mass is 16.5. The number of hydrogen-bond acceptors (Lipinski definition) is 5. The second-order valence-electron chi connectivity index (χ2n) is 6.50. The topological polar surface area (TPSA) is 75.4 Å². The minimum Gasteiger partial charge on any atom is -0.465 e. The van der Waals surface area contributed by atoms with Crippen molar-refractivity contribution in [1.82, 2.24) is 10.2 Å². The number of carbonyl (C=O) groups excluding carboxylic acids is 2. The van der Waals surface area contributed by atoms with Crippen LogP contribution >= 0.6 is 0 Å². The van der Waals surface area contributed by atoms with Crippen LogP contribution in [0, 0.1) is 11.8 Å². The normalized spacial score (nSPS) is 26.0. The number of aliphatic imine (C=N–C) groups is 1. The molecule has 2 aliphatic heterocycles. The van der Waals surface area contributed by atoms with Gasteiger partial charge in [-0.15, -0.1) is 0 Å². The van der Waals surface area contributed by atoms with Gasteiger partial charge in [-0.3, -0.25) is 14.9 Å². The van der Waals surface area contributed by atoms with Crippen molar-refractivity contribution < 1.29 is 19.2 Å². The quantitative estimate of drug-likeness (QED) is 0.508. The van der Waals surface area contributed by atoms with Gasteiger partial charge in [0.1, 0.15) is 0 Å². The molecular weight excluding hydrogens is 296 g/mol. The van der Waals surface area contributed by atoms with Crippen molar-refractivity contribution in [3.8, 4) is 0 Å². The summed E-state index contributed by atoms with van der Waals surface area (Å²) < 4.78 is 5.06. The molecule has 23 heavy (non-hydrogen) atoms. The molecule has 0 spiro atoms. The molecule has 0 aromatic rings. The molecule has 2 aliphatic rings. The number of rotatable bonds is 4. The molecule has 1 fully saturated rings. The first-order valence-corrected chi connectivity index (χ1v) is 8.61. The van der Waals surface area contributed by atoms with Gasteiger partial charge in [0.05, 0.1) is 45.4 Å². The van der Waals surface area contributed by atoms with Crippen LogP contribution in [0.2, 0.25) is 0 Å². The number of guanidine groups is 1. The number of likely N-dealkylation sites (N-methyl/N-ethyl adjacent to an activating group) is 1. The van der Waals surface area contributed by atoms with Gasteiger partial charge in [-0.1, -0.05) is 13.8 Å². The lowest BCUT2D eigenvalue weighted by Gasteiger charge is -2.37. The summed E-state index contributed by atoms with van der Waals surface area (Å²) in [6.07, 6.45) is 0. The molecule has 1 saturated heterocycles. The predicted octanol–water partition coefficient (Wildman–Crippen LogP) is -1.10. The summed E-state index contributed by atoms with van der Waals surface area (Å²) >= 11 is 0. The summed E-state index contributed by atoms with van der Waals surface area (Å²) in [4.78, 5) is 33.0. The van der Waals surface area contributed by atoms with Crippen molar-refractivity contribution in [3.05, 3.63) is 0 Å². The lowest BCUT2D eigenvalue weighted by molar-refractivity contribution is -0.902. The van der Waals surface area contributed by atoms with Crippen LogP contribution in [0.15, 0.2) is 4.99 Å². The Balaban J connectivity index is 2.15. The van der Waals surface area contributed by atoms with E-state index in [0.29, 0.717) is 5.96 Å². The molecule has 1 amide bonds. The smallest absolute Gasteiger partial charge is 0.320 e. The molecule has 0 unspecified atom stereocenters. The maximum atomic E-state index is 12.5. The van der Waals surface area contributed by atoms with Crippen LogP contribution in [0.4, 0.5) is 0 Å². The van der Waals surface area contributed by atoms with E-state index in [1.165, 1.54) is 0 Å². The Hall–Kier alpha value is -1.63. The first-order chi connectivity index (χ1) is 11.0. The summed E-state index contributed by atoms with van der Waals surface area (Å²) in [5.74, 6) is -0.914. The SMILES string of the molecule is CCOC(=O)[C@@H]1C(=O)NC(N2CC[NH+](CC)CC2)=N[C@@H]1C(C)C. The molecule has 2 rings (SSSR count). The van der Waals surface area contributed by atoms with Crippen LogP contribution in [-0.4, -0.2) is 68.1 Å². The first-order valence-electron chi connectivity index (χ1n) is 8.61. The van der Waals surface area contributed by atoms with Gasteiger partial charge in [0.2, 0.25) is 11.9 Å². The van der Waals surface area contributed by atoms with Gasteiger partial charge in [-0.25, -0.2) is 4.99 Å². The van der Waals surface area contributed by atoms with Crippen molar-refractivity contribution in [2.45, 2.75) is 33.7 Å². The van der Waals surface area contributed by atoms with E-state index in [-0.39, 0.29) is 24.5 Å². The van der Waals surface area contributed by atoms with Gasteiger partial charge in [0.15, 0.2) is 5.92 Å². The van der Waals surface area contributed by atoms with E-state index < -0.39 is 11.9 Å². The second-order valence-corrected chi connectivity index (χ2v) is 6.50. The Bertz CT molecular complexity index is 470. The molecule has 0 aliphatic carbocycles. The van der Waals surface area contributed by atoms with Crippen LogP contribution < -0.4 is 10.2 Å². The van der Waals surface area contributed by atoms with Gasteiger partial charge >= 0.3 is 5.97 Å². The van der Waals surface area contributed by atoms with Gasteiger partial charge in [0, 0.05) is 0 Å².